The van der Waals surface area contributed by atoms with Gasteiger partial charge in [0.1, 0.15) is 10.8 Å². The molecule has 0 amide bonds. The predicted molar refractivity (Wildman–Crippen MR) is 98.2 cm³/mol. The molecule has 0 aliphatic rings. The molecule has 0 radical (unpaired) electrons. The van der Waals surface area contributed by atoms with Gasteiger partial charge in [0.15, 0.2) is 5.82 Å². The molecule has 0 N–H and O–H groups in total. The maximum absolute atomic E-state index is 13.8. The van der Waals surface area contributed by atoms with Gasteiger partial charge in [-0.1, -0.05) is 59.3 Å². The summed E-state index contributed by atoms with van der Waals surface area (Å²) >= 11 is 7.31. The fourth-order valence-electron chi connectivity index (χ4n) is 2.40. The maximum atomic E-state index is 13.8. The van der Waals surface area contributed by atoms with Crippen LogP contribution in [0.1, 0.15) is 22.0 Å². The van der Waals surface area contributed by atoms with Gasteiger partial charge in [0.25, 0.3) is 0 Å². The van der Waals surface area contributed by atoms with E-state index in [0.717, 1.165) is 10.6 Å². The van der Waals surface area contributed by atoms with E-state index in [-0.39, 0.29) is 5.82 Å². The molecule has 0 saturated heterocycles. The molecule has 0 bridgehead atoms. The van der Waals surface area contributed by atoms with Crippen LogP contribution in [0.25, 0.3) is 17.1 Å². The van der Waals surface area contributed by atoms with E-state index >= 15 is 0 Å². The van der Waals surface area contributed by atoms with Crippen LogP contribution >= 0.6 is 22.9 Å². The van der Waals surface area contributed by atoms with E-state index in [1.807, 2.05) is 36.4 Å². The van der Waals surface area contributed by atoms with Gasteiger partial charge in [0, 0.05) is 11.4 Å². The summed E-state index contributed by atoms with van der Waals surface area (Å²) in [6.45, 7) is 0. The number of benzene rings is 2. The van der Waals surface area contributed by atoms with E-state index in [0.29, 0.717) is 27.8 Å². The lowest BCUT2D eigenvalue weighted by Gasteiger charge is -1.99. The van der Waals surface area contributed by atoms with E-state index < -0.39 is 0 Å². The number of hydrogen-bond donors (Lipinski definition) is 0. The van der Waals surface area contributed by atoms with Crippen molar-refractivity contribution < 1.29 is 4.39 Å². The molecule has 0 saturated carbocycles. The van der Waals surface area contributed by atoms with Crippen molar-refractivity contribution >= 4 is 40.1 Å². The Morgan fingerprint density at radius 1 is 1.04 bits per heavy atom. The SMILES string of the molecule is Fc1ccccc1Cc1nnc2sc(C=Cc3ccc(Cl)cc3)nn12. The first-order valence-electron chi connectivity index (χ1n) is 7.57. The zero-order valence-electron chi connectivity index (χ0n) is 12.9. The zero-order chi connectivity index (χ0) is 17.2. The fourth-order valence-corrected chi connectivity index (χ4v) is 3.29. The van der Waals surface area contributed by atoms with Crippen LogP contribution in [0.5, 0.6) is 0 Å². The minimum Gasteiger partial charge on any atom is -0.207 e. The van der Waals surface area contributed by atoms with Crippen LogP contribution in [0.4, 0.5) is 4.39 Å². The topological polar surface area (TPSA) is 43.1 Å². The van der Waals surface area contributed by atoms with Crippen molar-refractivity contribution in [3.05, 3.63) is 81.3 Å². The summed E-state index contributed by atoms with van der Waals surface area (Å²) in [4.78, 5) is 0.682. The third-order valence-corrected chi connectivity index (χ3v) is 4.78. The molecule has 4 rings (SSSR count). The number of fused-ring (bicyclic) bond motifs is 1. The average Bonchev–Trinajstić information content (AvgIpc) is 3.18. The Balaban J connectivity index is 1.60. The van der Waals surface area contributed by atoms with E-state index in [4.69, 9.17) is 11.6 Å². The molecular weight excluding hydrogens is 359 g/mol. The lowest BCUT2D eigenvalue weighted by molar-refractivity contribution is 0.611. The molecule has 2 heterocycles. The first kappa shape index (κ1) is 15.9. The molecule has 4 aromatic rings. The third kappa shape index (κ3) is 3.45. The summed E-state index contributed by atoms with van der Waals surface area (Å²) in [5.74, 6) is 0.361. The Morgan fingerprint density at radius 3 is 2.64 bits per heavy atom. The van der Waals surface area contributed by atoms with Gasteiger partial charge < -0.3 is 0 Å². The molecule has 7 heteroatoms. The normalized spacial score (nSPS) is 11.6. The Labute approximate surface area is 152 Å². The van der Waals surface area contributed by atoms with Gasteiger partial charge in [-0.25, -0.2) is 4.39 Å². The molecule has 0 atom stereocenters. The van der Waals surface area contributed by atoms with Gasteiger partial charge in [-0.3, -0.25) is 0 Å². The first-order chi connectivity index (χ1) is 12.2. The molecule has 0 fully saturated rings. The van der Waals surface area contributed by atoms with Crippen molar-refractivity contribution in [2.75, 3.05) is 0 Å². The largest absolute Gasteiger partial charge is 0.234 e. The second-order valence-electron chi connectivity index (χ2n) is 5.40. The third-order valence-electron chi connectivity index (χ3n) is 3.67. The molecule has 0 unspecified atom stereocenters. The Morgan fingerprint density at radius 2 is 1.84 bits per heavy atom. The van der Waals surface area contributed by atoms with Gasteiger partial charge in [-0.05, 0) is 35.4 Å². The van der Waals surface area contributed by atoms with Crippen molar-refractivity contribution in [1.29, 1.82) is 0 Å². The first-order valence-corrected chi connectivity index (χ1v) is 8.77. The summed E-state index contributed by atoms with van der Waals surface area (Å²) < 4.78 is 15.5. The number of nitrogens with zero attached hydrogens (tertiary/aromatic N) is 4. The Hall–Kier alpha value is -2.57. The summed E-state index contributed by atoms with van der Waals surface area (Å²) in [6, 6.07) is 14.2. The molecule has 25 heavy (non-hydrogen) atoms. The monoisotopic (exact) mass is 370 g/mol. The fraction of sp³-hybridized carbons (Fsp3) is 0.0556. The number of aromatic nitrogens is 4. The highest BCUT2D eigenvalue weighted by Gasteiger charge is 2.12. The highest BCUT2D eigenvalue weighted by Crippen LogP contribution is 2.19. The Bertz CT molecular complexity index is 1050. The minimum absolute atomic E-state index is 0.252. The van der Waals surface area contributed by atoms with Crippen LogP contribution in [0, 0.1) is 5.82 Å². The average molecular weight is 371 g/mol. The van der Waals surface area contributed by atoms with Crippen LogP contribution in [-0.2, 0) is 6.42 Å². The molecule has 0 aliphatic carbocycles. The van der Waals surface area contributed by atoms with Crippen LogP contribution in [0.15, 0.2) is 48.5 Å². The zero-order valence-corrected chi connectivity index (χ0v) is 14.5. The minimum atomic E-state index is -0.252. The Kier molecular flexibility index (Phi) is 4.29. The molecule has 124 valence electrons. The summed E-state index contributed by atoms with van der Waals surface area (Å²) in [7, 11) is 0. The number of halogens is 2. The molecule has 2 aromatic heterocycles. The molecule has 4 nitrogen and oxygen atoms in total. The summed E-state index contributed by atoms with van der Waals surface area (Å²) in [5.41, 5.74) is 1.60. The standard InChI is InChI=1S/C18H12ClFN4S/c19-14-8-5-12(6-9-14)7-10-17-23-24-16(21-22-18(24)25-17)11-13-3-1-2-4-15(13)20/h1-10H,11H2. The number of hydrogen-bond acceptors (Lipinski definition) is 4. The molecule has 0 aliphatic heterocycles. The van der Waals surface area contributed by atoms with Crippen molar-refractivity contribution in [2.24, 2.45) is 0 Å². The smallest absolute Gasteiger partial charge is 0.207 e. The van der Waals surface area contributed by atoms with Crippen LogP contribution in [0.2, 0.25) is 5.02 Å². The van der Waals surface area contributed by atoms with Gasteiger partial charge in [0.05, 0.1) is 0 Å². The van der Waals surface area contributed by atoms with E-state index in [1.54, 1.807) is 22.7 Å². The maximum Gasteiger partial charge on any atom is 0.234 e. The second-order valence-corrected chi connectivity index (χ2v) is 6.83. The van der Waals surface area contributed by atoms with Gasteiger partial charge in [0.2, 0.25) is 4.96 Å². The number of rotatable bonds is 4. The van der Waals surface area contributed by atoms with E-state index in [1.165, 1.54) is 17.4 Å². The van der Waals surface area contributed by atoms with E-state index in [2.05, 4.69) is 15.3 Å². The predicted octanol–water partition coefficient (Wildman–Crippen LogP) is 4.74. The molecule has 2 aromatic carbocycles. The van der Waals surface area contributed by atoms with Gasteiger partial charge in [-0.15, -0.1) is 10.2 Å². The quantitative estimate of drug-likeness (QED) is 0.521. The summed E-state index contributed by atoms with van der Waals surface area (Å²) in [6.07, 6.45) is 4.21. The lowest BCUT2D eigenvalue weighted by Crippen LogP contribution is -1.99. The van der Waals surface area contributed by atoms with Crippen LogP contribution in [0.3, 0.4) is 0 Å². The highest BCUT2D eigenvalue weighted by atomic mass is 35.5. The molecule has 0 spiro atoms. The van der Waals surface area contributed by atoms with Gasteiger partial charge >= 0.3 is 0 Å². The van der Waals surface area contributed by atoms with Crippen molar-refractivity contribution in [3.63, 3.8) is 0 Å². The van der Waals surface area contributed by atoms with Crippen molar-refractivity contribution in [1.82, 2.24) is 19.8 Å². The highest BCUT2D eigenvalue weighted by molar-refractivity contribution is 7.17. The van der Waals surface area contributed by atoms with Crippen molar-refractivity contribution in [2.45, 2.75) is 6.42 Å². The van der Waals surface area contributed by atoms with Gasteiger partial charge in [-0.2, -0.15) is 9.61 Å². The lowest BCUT2D eigenvalue weighted by atomic mass is 10.1. The second kappa shape index (κ2) is 6.74. The summed E-state index contributed by atoms with van der Waals surface area (Å²) in [5, 5.41) is 14.3. The molecular formula is C18H12ClFN4S. The van der Waals surface area contributed by atoms with E-state index in [9.17, 15) is 4.39 Å². The van der Waals surface area contributed by atoms with Crippen LogP contribution in [-0.4, -0.2) is 19.8 Å². The van der Waals surface area contributed by atoms with Crippen molar-refractivity contribution in [3.8, 4) is 0 Å². The van der Waals surface area contributed by atoms with Crippen LogP contribution < -0.4 is 0 Å².